The van der Waals surface area contributed by atoms with Crippen molar-refractivity contribution in [1.82, 2.24) is 10.3 Å². The van der Waals surface area contributed by atoms with E-state index in [0.717, 1.165) is 36.0 Å². The van der Waals surface area contributed by atoms with Crippen LogP contribution in [0.1, 0.15) is 28.9 Å². The summed E-state index contributed by atoms with van der Waals surface area (Å²) in [6, 6.07) is 7.48. The largest absolute Gasteiger partial charge is 0.497 e. The van der Waals surface area contributed by atoms with Crippen LogP contribution in [0.25, 0.3) is 10.9 Å². The molecule has 1 atom stereocenters. The smallest absolute Gasteiger partial charge is 0.252 e. The topological polar surface area (TPSA) is 60.5 Å². The number of pyridine rings is 1. The molecule has 0 saturated carbocycles. The van der Waals surface area contributed by atoms with Crippen molar-refractivity contribution in [3.8, 4) is 5.75 Å². The Hall–Kier alpha value is -2.14. The van der Waals surface area contributed by atoms with Gasteiger partial charge in [0.2, 0.25) is 0 Å². The van der Waals surface area contributed by atoms with E-state index in [-0.39, 0.29) is 11.9 Å². The number of methoxy groups -OCH3 is 1. The summed E-state index contributed by atoms with van der Waals surface area (Å²) >= 11 is 0. The monoisotopic (exact) mass is 300 g/mol. The van der Waals surface area contributed by atoms with Crippen LogP contribution in [0.3, 0.4) is 0 Å². The lowest BCUT2D eigenvalue weighted by molar-refractivity contribution is 0.0625. The Labute approximate surface area is 129 Å². The molecule has 22 heavy (non-hydrogen) atoms. The standard InChI is InChI=1S/C17H20N2O3/c1-11-8-15(17(20)19-12-4-3-7-22-10-12)14-9-13(21-2)5-6-16(14)18-11/h5-6,8-9,12H,3-4,7,10H2,1-2H3,(H,19,20). The molecule has 5 nitrogen and oxygen atoms in total. The molecule has 2 aromatic rings. The van der Waals surface area contributed by atoms with Crippen molar-refractivity contribution in [2.75, 3.05) is 20.3 Å². The normalized spacial score (nSPS) is 18.2. The second-order valence-electron chi connectivity index (χ2n) is 5.58. The molecule has 1 fully saturated rings. The third-order valence-corrected chi connectivity index (χ3v) is 3.88. The van der Waals surface area contributed by atoms with Crippen LogP contribution < -0.4 is 10.1 Å². The summed E-state index contributed by atoms with van der Waals surface area (Å²) < 4.78 is 10.7. The van der Waals surface area contributed by atoms with Crippen molar-refractivity contribution in [1.29, 1.82) is 0 Å². The first kappa shape index (κ1) is 14.8. The number of fused-ring (bicyclic) bond motifs is 1. The van der Waals surface area contributed by atoms with Crippen molar-refractivity contribution in [3.63, 3.8) is 0 Å². The van der Waals surface area contributed by atoms with Gasteiger partial charge in [0.1, 0.15) is 5.75 Å². The molecule has 0 radical (unpaired) electrons. The number of rotatable bonds is 3. The van der Waals surface area contributed by atoms with E-state index < -0.39 is 0 Å². The van der Waals surface area contributed by atoms with Crippen LogP contribution in [-0.2, 0) is 4.74 Å². The Morgan fingerprint density at radius 3 is 3.00 bits per heavy atom. The number of carbonyl (C=O) groups excluding carboxylic acids is 1. The van der Waals surface area contributed by atoms with Gasteiger partial charge in [-0.3, -0.25) is 9.78 Å². The van der Waals surface area contributed by atoms with Gasteiger partial charge in [-0.25, -0.2) is 0 Å². The number of nitrogens with zero attached hydrogens (tertiary/aromatic N) is 1. The van der Waals surface area contributed by atoms with E-state index >= 15 is 0 Å². The molecule has 116 valence electrons. The highest BCUT2D eigenvalue weighted by Gasteiger charge is 2.19. The Balaban J connectivity index is 1.95. The summed E-state index contributed by atoms with van der Waals surface area (Å²) in [6.45, 7) is 3.25. The average Bonchev–Trinajstić information content (AvgIpc) is 2.54. The molecule has 2 heterocycles. The Morgan fingerprint density at radius 2 is 2.27 bits per heavy atom. The Kier molecular flexibility index (Phi) is 4.24. The van der Waals surface area contributed by atoms with E-state index in [0.29, 0.717) is 17.9 Å². The SMILES string of the molecule is COc1ccc2nc(C)cc(C(=O)NC3CCCOC3)c2c1. The number of benzene rings is 1. The lowest BCUT2D eigenvalue weighted by Crippen LogP contribution is -2.40. The summed E-state index contributed by atoms with van der Waals surface area (Å²) in [4.78, 5) is 17.1. The highest BCUT2D eigenvalue weighted by atomic mass is 16.5. The second kappa shape index (κ2) is 6.32. The van der Waals surface area contributed by atoms with Crippen molar-refractivity contribution in [2.24, 2.45) is 0 Å². The molecule has 1 aromatic carbocycles. The van der Waals surface area contributed by atoms with Crippen LogP contribution in [0.5, 0.6) is 5.75 Å². The van der Waals surface area contributed by atoms with Crippen molar-refractivity contribution < 1.29 is 14.3 Å². The van der Waals surface area contributed by atoms with Gasteiger partial charge in [-0.1, -0.05) is 0 Å². The van der Waals surface area contributed by atoms with Gasteiger partial charge in [-0.15, -0.1) is 0 Å². The van der Waals surface area contributed by atoms with Crippen LogP contribution >= 0.6 is 0 Å². The number of aromatic nitrogens is 1. The Morgan fingerprint density at radius 1 is 1.41 bits per heavy atom. The van der Waals surface area contributed by atoms with Crippen molar-refractivity contribution >= 4 is 16.8 Å². The fourth-order valence-corrected chi connectivity index (χ4v) is 2.77. The molecule has 0 spiro atoms. The predicted molar refractivity (Wildman–Crippen MR) is 84.3 cm³/mol. The number of hydrogen-bond donors (Lipinski definition) is 1. The summed E-state index contributed by atoms with van der Waals surface area (Å²) in [5.41, 5.74) is 2.25. The molecule has 5 heteroatoms. The average molecular weight is 300 g/mol. The summed E-state index contributed by atoms with van der Waals surface area (Å²) in [5.74, 6) is 0.632. The number of carbonyl (C=O) groups is 1. The van der Waals surface area contributed by atoms with E-state index in [9.17, 15) is 4.79 Å². The van der Waals surface area contributed by atoms with Crippen LogP contribution in [0.15, 0.2) is 24.3 Å². The maximum absolute atomic E-state index is 12.6. The fraction of sp³-hybridized carbons (Fsp3) is 0.412. The quantitative estimate of drug-likeness (QED) is 0.946. The first-order chi connectivity index (χ1) is 10.7. The van der Waals surface area contributed by atoms with Gasteiger partial charge in [-0.2, -0.15) is 0 Å². The molecule has 3 rings (SSSR count). The zero-order valence-corrected chi connectivity index (χ0v) is 12.9. The third kappa shape index (κ3) is 3.04. The molecule has 1 aromatic heterocycles. The van der Waals surface area contributed by atoms with Gasteiger partial charge >= 0.3 is 0 Å². The number of nitrogens with one attached hydrogen (secondary N) is 1. The van der Waals surface area contributed by atoms with Crippen LogP contribution in [0, 0.1) is 6.92 Å². The van der Waals surface area contributed by atoms with Crippen molar-refractivity contribution in [2.45, 2.75) is 25.8 Å². The molecule has 1 N–H and O–H groups in total. The first-order valence-corrected chi connectivity index (χ1v) is 7.51. The van der Waals surface area contributed by atoms with Crippen LogP contribution in [0.4, 0.5) is 0 Å². The first-order valence-electron chi connectivity index (χ1n) is 7.51. The molecule has 1 saturated heterocycles. The molecular weight excluding hydrogens is 280 g/mol. The zero-order chi connectivity index (χ0) is 15.5. The molecule has 1 aliphatic rings. The van der Waals surface area contributed by atoms with Gasteiger partial charge < -0.3 is 14.8 Å². The zero-order valence-electron chi connectivity index (χ0n) is 12.9. The summed E-state index contributed by atoms with van der Waals surface area (Å²) in [7, 11) is 1.61. The minimum Gasteiger partial charge on any atom is -0.497 e. The van der Waals surface area contributed by atoms with Crippen molar-refractivity contribution in [3.05, 3.63) is 35.5 Å². The Bertz CT molecular complexity index is 694. The maximum Gasteiger partial charge on any atom is 0.252 e. The molecular formula is C17H20N2O3. The lowest BCUT2D eigenvalue weighted by Gasteiger charge is -2.23. The van der Waals surface area contributed by atoms with E-state index in [4.69, 9.17) is 9.47 Å². The highest BCUT2D eigenvalue weighted by molar-refractivity contribution is 6.06. The van der Waals surface area contributed by atoms with E-state index in [2.05, 4.69) is 10.3 Å². The molecule has 1 amide bonds. The van der Waals surface area contributed by atoms with Gasteiger partial charge in [-0.05, 0) is 44.0 Å². The third-order valence-electron chi connectivity index (χ3n) is 3.88. The van der Waals surface area contributed by atoms with Gasteiger partial charge in [0.15, 0.2) is 0 Å². The predicted octanol–water partition coefficient (Wildman–Crippen LogP) is 2.46. The lowest BCUT2D eigenvalue weighted by atomic mass is 10.0. The number of ether oxygens (including phenoxy) is 2. The fourth-order valence-electron chi connectivity index (χ4n) is 2.77. The van der Waals surface area contributed by atoms with E-state index in [1.807, 2.05) is 31.2 Å². The number of hydrogen-bond acceptors (Lipinski definition) is 4. The maximum atomic E-state index is 12.6. The van der Waals surface area contributed by atoms with E-state index in [1.54, 1.807) is 7.11 Å². The summed E-state index contributed by atoms with van der Waals surface area (Å²) in [5, 5.41) is 3.86. The van der Waals surface area contributed by atoms with Crippen LogP contribution in [-0.4, -0.2) is 37.3 Å². The number of amides is 1. The van der Waals surface area contributed by atoms with Gasteiger partial charge in [0.25, 0.3) is 5.91 Å². The highest BCUT2D eigenvalue weighted by Crippen LogP contribution is 2.24. The molecule has 0 aliphatic carbocycles. The minimum atomic E-state index is -0.0840. The molecule has 1 aliphatic heterocycles. The minimum absolute atomic E-state index is 0.0791. The van der Waals surface area contributed by atoms with Gasteiger partial charge in [0.05, 0.1) is 30.8 Å². The molecule has 1 unspecified atom stereocenters. The second-order valence-corrected chi connectivity index (χ2v) is 5.58. The molecule has 0 bridgehead atoms. The van der Waals surface area contributed by atoms with Gasteiger partial charge in [0, 0.05) is 17.7 Å². The van der Waals surface area contributed by atoms with Crippen LogP contribution in [0.2, 0.25) is 0 Å². The summed E-state index contributed by atoms with van der Waals surface area (Å²) in [6.07, 6.45) is 1.94. The van der Waals surface area contributed by atoms with E-state index in [1.165, 1.54) is 0 Å². The number of aryl methyl sites for hydroxylation is 1.